The highest BCUT2D eigenvalue weighted by Crippen LogP contribution is 2.20. The summed E-state index contributed by atoms with van der Waals surface area (Å²) in [4.78, 5) is 0. The summed E-state index contributed by atoms with van der Waals surface area (Å²) in [5.41, 5.74) is 5.75. The Bertz CT molecular complexity index is 130. The van der Waals surface area contributed by atoms with Gasteiger partial charge in [0, 0.05) is 13.2 Å². The second-order valence-corrected chi connectivity index (χ2v) is 3.57. The molecule has 1 aliphatic carbocycles. The number of rotatable bonds is 4. The molecule has 0 radical (unpaired) electrons. The third-order valence-electron chi connectivity index (χ3n) is 2.39. The van der Waals surface area contributed by atoms with Crippen LogP contribution in [0.5, 0.6) is 0 Å². The van der Waals surface area contributed by atoms with Crippen molar-refractivity contribution >= 4 is 0 Å². The molecule has 1 fully saturated rings. The molecule has 0 heterocycles. The summed E-state index contributed by atoms with van der Waals surface area (Å²) in [5.74, 6) is 0. The fourth-order valence-electron chi connectivity index (χ4n) is 1.46. The topological polar surface area (TPSA) is 44.5 Å². The van der Waals surface area contributed by atoms with E-state index in [1.807, 2.05) is 6.92 Å². The molecule has 1 saturated carbocycles. The van der Waals surface area contributed by atoms with E-state index in [9.17, 15) is 0 Å². The van der Waals surface area contributed by atoms with Gasteiger partial charge in [0.05, 0.1) is 18.8 Å². The van der Waals surface area contributed by atoms with Crippen LogP contribution < -0.4 is 5.73 Å². The smallest absolute Gasteiger partial charge is 0.0776 e. The number of hydrogen-bond donors (Lipinski definition) is 1. The van der Waals surface area contributed by atoms with E-state index in [4.69, 9.17) is 15.2 Å². The van der Waals surface area contributed by atoms with Crippen LogP contribution in [0, 0.1) is 0 Å². The van der Waals surface area contributed by atoms with Crippen LogP contribution in [-0.4, -0.2) is 32.0 Å². The molecular weight excluding hydrogens is 154 g/mol. The molecule has 1 rings (SSSR count). The lowest BCUT2D eigenvalue weighted by molar-refractivity contribution is -0.0173. The Labute approximate surface area is 74.2 Å². The Morgan fingerprint density at radius 1 is 1.50 bits per heavy atom. The lowest BCUT2D eigenvalue weighted by Gasteiger charge is -2.14. The highest BCUT2D eigenvalue weighted by molar-refractivity contribution is 4.78. The Morgan fingerprint density at radius 2 is 2.25 bits per heavy atom. The van der Waals surface area contributed by atoms with Crippen LogP contribution in [0.3, 0.4) is 0 Å². The molecule has 0 saturated heterocycles. The molecule has 1 aliphatic rings. The van der Waals surface area contributed by atoms with E-state index in [0.29, 0.717) is 18.8 Å². The first-order valence-corrected chi connectivity index (χ1v) is 4.62. The molecule has 0 spiro atoms. The van der Waals surface area contributed by atoms with Crippen molar-refractivity contribution in [1.29, 1.82) is 0 Å². The van der Waals surface area contributed by atoms with E-state index < -0.39 is 0 Å². The normalized spacial score (nSPS) is 32.2. The maximum atomic E-state index is 5.75. The number of hydrogen-bond acceptors (Lipinski definition) is 3. The van der Waals surface area contributed by atoms with Gasteiger partial charge in [-0.1, -0.05) is 0 Å². The summed E-state index contributed by atoms with van der Waals surface area (Å²) in [6.07, 6.45) is 3.79. The molecule has 3 unspecified atom stereocenters. The quantitative estimate of drug-likeness (QED) is 0.687. The molecule has 0 bridgehead atoms. The van der Waals surface area contributed by atoms with Crippen LogP contribution >= 0.6 is 0 Å². The molecule has 12 heavy (non-hydrogen) atoms. The Balaban J connectivity index is 2.07. The third-order valence-corrected chi connectivity index (χ3v) is 2.39. The van der Waals surface area contributed by atoms with E-state index in [1.54, 1.807) is 7.11 Å². The third kappa shape index (κ3) is 3.09. The van der Waals surface area contributed by atoms with E-state index in [0.717, 1.165) is 19.3 Å². The minimum atomic E-state index is 0.196. The van der Waals surface area contributed by atoms with Crippen molar-refractivity contribution in [2.24, 2.45) is 5.73 Å². The van der Waals surface area contributed by atoms with Gasteiger partial charge in [0.1, 0.15) is 0 Å². The standard InChI is InChI=1S/C9H19NO2/c1-7(11-2)6-12-9-4-3-8(10)5-9/h7-9H,3-6,10H2,1-2H3. The average molecular weight is 173 g/mol. The SMILES string of the molecule is COC(C)COC1CCC(N)C1. The van der Waals surface area contributed by atoms with Crippen molar-refractivity contribution in [2.45, 2.75) is 44.4 Å². The maximum Gasteiger partial charge on any atom is 0.0776 e. The molecule has 72 valence electrons. The van der Waals surface area contributed by atoms with Gasteiger partial charge in [0.25, 0.3) is 0 Å². The van der Waals surface area contributed by atoms with Gasteiger partial charge >= 0.3 is 0 Å². The van der Waals surface area contributed by atoms with Crippen LogP contribution in [0.4, 0.5) is 0 Å². The van der Waals surface area contributed by atoms with Gasteiger partial charge in [-0.15, -0.1) is 0 Å². The zero-order valence-electron chi connectivity index (χ0n) is 7.95. The first kappa shape index (κ1) is 9.96. The van der Waals surface area contributed by atoms with Crippen LogP contribution in [0.25, 0.3) is 0 Å². The minimum absolute atomic E-state index is 0.196. The Morgan fingerprint density at radius 3 is 2.75 bits per heavy atom. The van der Waals surface area contributed by atoms with Gasteiger partial charge in [-0.05, 0) is 26.2 Å². The van der Waals surface area contributed by atoms with E-state index >= 15 is 0 Å². The molecule has 0 aliphatic heterocycles. The van der Waals surface area contributed by atoms with Gasteiger partial charge in [0.2, 0.25) is 0 Å². The average Bonchev–Trinajstić information content (AvgIpc) is 2.47. The van der Waals surface area contributed by atoms with E-state index in [1.165, 1.54) is 0 Å². The summed E-state index contributed by atoms with van der Waals surface area (Å²) in [7, 11) is 1.70. The monoisotopic (exact) mass is 173 g/mol. The van der Waals surface area contributed by atoms with Gasteiger partial charge in [-0.2, -0.15) is 0 Å². The van der Waals surface area contributed by atoms with Crippen molar-refractivity contribution in [3.8, 4) is 0 Å². The Hall–Kier alpha value is -0.120. The number of ether oxygens (including phenoxy) is 2. The summed E-state index contributed by atoms with van der Waals surface area (Å²) in [5, 5.41) is 0. The first-order valence-electron chi connectivity index (χ1n) is 4.62. The van der Waals surface area contributed by atoms with Crippen molar-refractivity contribution in [3.05, 3.63) is 0 Å². The molecule has 0 aromatic rings. The van der Waals surface area contributed by atoms with Crippen LogP contribution in [0.15, 0.2) is 0 Å². The molecule has 0 aromatic heterocycles. The first-order chi connectivity index (χ1) is 5.72. The van der Waals surface area contributed by atoms with Crippen LogP contribution in [0.2, 0.25) is 0 Å². The Kier molecular flexibility index (Phi) is 3.98. The second kappa shape index (κ2) is 4.80. The fraction of sp³-hybridized carbons (Fsp3) is 1.00. The number of nitrogens with two attached hydrogens (primary N) is 1. The minimum Gasteiger partial charge on any atom is -0.379 e. The molecule has 0 amide bonds. The zero-order valence-corrected chi connectivity index (χ0v) is 7.95. The maximum absolute atomic E-state index is 5.75. The van der Waals surface area contributed by atoms with Gasteiger partial charge in [-0.25, -0.2) is 0 Å². The fourth-order valence-corrected chi connectivity index (χ4v) is 1.46. The number of methoxy groups -OCH3 is 1. The van der Waals surface area contributed by atoms with E-state index in [2.05, 4.69) is 0 Å². The van der Waals surface area contributed by atoms with Crippen LogP contribution in [0.1, 0.15) is 26.2 Å². The van der Waals surface area contributed by atoms with Crippen molar-refractivity contribution < 1.29 is 9.47 Å². The zero-order chi connectivity index (χ0) is 8.97. The second-order valence-electron chi connectivity index (χ2n) is 3.57. The molecule has 0 aromatic carbocycles. The highest BCUT2D eigenvalue weighted by Gasteiger charge is 2.22. The largest absolute Gasteiger partial charge is 0.379 e. The summed E-state index contributed by atoms with van der Waals surface area (Å²) in [6.45, 7) is 2.70. The van der Waals surface area contributed by atoms with E-state index in [-0.39, 0.29) is 6.10 Å². The molecular formula is C9H19NO2. The predicted octanol–water partition coefficient (Wildman–Crippen LogP) is 0.918. The van der Waals surface area contributed by atoms with Crippen molar-refractivity contribution in [2.75, 3.05) is 13.7 Å². The van der Waals surface area contributed by atoms with Crippen molar-refractivity contribution in [3.63, 3.8) is 0 Å². The summed E-state index contributed by atoms with van der Waals surface area (Å²) in [6, 6.07) is 0.354. The van der Waals surface area contributed by atoms with Crippen molar-refractivity contribution in [1.82, 2.24) is 0 Å². The highest BCUT2D eigenvalue weighted by atomic mass is 16.5. The van der Waals surface area contributed by atoms with Crippen LogP contribution in [-0.2, 0) is 9.47 Å². The summed E-state index contributed by atoms with van der Waals surface area (Å²) < 4.78 is 10.7. The molecule has 3 nitrogen and oxygen atoms in total. The van der Waals surface area contributed by atoms with Gasteiger partial charge in [-0.3, -0.25) is 0 Å². The molecule has 2 N–H and O–H groups in total. The summed E-state index contributed by atoms with van der Waals surface area (Å²) >= 11 is 0. The van der Waals surface area contributed by atoms with Gasteiger partial charge < -0.3 is 15.2 Å². The van der Waals surface area contributed by atoms with Gasteiger partial charge in [0.15, 0.2) is 0 Å². The molecule has 3 heteroatoms. The predicted molar refractivity (Wildman–Crippen MR) is 48.0 cm³/mol. The lowest BCUT2D eigenvalue weighted by Crippen LogP contribution is -2.21. The molecule has 3 atom stereocenters. The lowest BCUT2D eigenvalue weighted by atomic mass is 10.3.